The lowest BCUT2D eigenvalue weighted by atomic mass is 10.1. The highest BCUT2D eigenvalue weighted by atomic mass is 79.9. The molecule has 25 heavy (non-hydrogen) atoms. The molecule has 0 unspecified atom stereocenters. The van der Waals surface area contributed by atoms with Crippen molar-refractivity contribution in [2.75, 3.05) is 12.4 Å². The maximum absolute atomic E-state index is 5.44. The molecule has 0 spiro atoms. The summed E-state index contributed by atoms with van der Waals surface area (Å²) in [5.74, 6) is 7.39. The molecule has 0 heterocycles. The molecule has 0 aromatic heterocycles. The number of benzene rings is 3. The van der Waals surface area contributed by atoms with Crippen LogP contribution in [-0.4, -0.2) is 7.11 Å². The van der Waals surface area contributed by atoms with E-state index in [0.29, 0.717) is 0 Å². The smallest absolute Gasteiger partial charge is 0.141 e. The zero-order valence-corrected chi connectivity index (χ0v) is 15.5. The second-order valence-electron chi connectivity index (χ2n) is 5.46. The minimum absolute atomic E-state index is 0.138. The molecule has 0 aliphatic rings. The minimum atomic E-state index is -0.138. The van der Waals surface area contributed by atoms with Gasteiger partial charge in [-0.15, -0.1) is 0 Å². The Balaban J connectivity index is 1.92. The van der Waals surface area contributed by atoms with Crippen LogP contribution in [0.2, 0.25) is 0 Å². The molecule has 1 atom stereocenters. The lowest BCUT2D eigenvalue weighted by Gasteiger charge is -2.17. The highest BCUT2D eigenvalue weighted by Crippen LogP contribution is 2.27. The topological polar surface area (TPSA) is 21.3 Å². The molecule has 0 saturated carbocycles. The predicted octanol–water partition coefficient (Wildman–Crippen LogP) is 5.66. The first-order chi connectivity index (χ1) is 12.3. The monoisotopic (exact) mass is 391 g/mol. The Morgan fingerprint density at radius 2 is 1.56 bits per heavy atom. The van der Waals surface area contributed by atoms with Gasteiger partial charge in [-0.05, 0) is 42.0 Å². The molecule has 0 aliphatic heterocycles. The average molecular weight is 392 g/mol. The summed E-state index contributed by atoms with van der Waals surface area (Å²) < 4.78 is 6.49. The molecule has 0 amide bonds. The Bertz CT molecular complexity index is 879. The van der Waals surface area contributed by atoms with E-state index in [1.54, 1.807) is 7.11 Å². The first kappa shape index (κ1) is 17.1. The number of rotatable bonds is 4. The molecular formula is C22H18BrNO. The van der Waals surface area contributed by atoms with Crippen LogP contribution in [0.4, 0.5) is 5.69 Å². The van der Waals surface area contributed by atoms with E-state index in [0.717, 1.165) is 27.0 Å². The maximum Gasteiger partial charge on any atom is 0.141 e. The quantitative estimate of drug-likeness (QED) is 0.579. The second-order valence-corrected chi connectivity index (χ2v) is 6.38. The fourth-order valence-corrected chi connectivity index (χ4v) is 2.72. The summed E-state index contributed by atoms with van der Waals surface area (Å²) in [6, 6.07) is 25.9. The molecule has 0 fully saturated rings. The molecule has 0 aliphatic carbocycles. The number of halogens is 1. The van der Waals surface area contributed by atoms with Gasteiger partial charge in [-0.25, -0.2) is 0 Å². The number of para-hydroxylation sites is 2. The van der Waals surface area contributed by atoms with Gasteiger partial charge in [0.15, 0.2) is 0 Å². The number of ether oxygens (including phenoxy) is 1. The molecule has 124 valence electrons. The van der Waals surface area contributed by atoms with Gasteiger partial charge in [-0.3, -0.25) is 0 Å². The highest BCUT2D eigenvalue weighted by Gasteiger charge is 2.10. The molecule has 2 nitrogen and oxygen atoms in total. The van der Waals surface area contributed by atoms with Gasteiger partial charge in [0.05, 0.1) is 12.8 Å². The summed E-state index contributed by atoms with van der Waals surface area (Å²) >= 11 is 3.45. The first-order valence-corrected chi connectivity index (χ1v) is 8.77. The van der Waals surface area contributed by atoms with Crippen LogP contribution in [0.1, 0.15) is 17.2 Å². The van der Waals surface area contributed by atoms with E-state index in [9.17, 15) is 0 Å². The fraction of sp³-hybridized carbons (Fsp3) is 0.0909. The Hall–Kier alpha value is -2.70. The lowest BCUT2D eigenvalue weighted by Crippen LogP contribution is -2.09. The SMILES string of the molecule is COc1ccccc1N[C@@H](C#Cc1ccc(Br)cc1)c1ccccc1. The summed E-state index contributed by atoms with van der Waals surface area (Å²) in [7, 11) is 1.67. The van der Waals surface area contributed by atoms with Gasteiger partial charge in [-0.1, -0.05) is 70.2 Å². The number of anilines is 1. The second kappa shape index (κ2) is 8.41. The van der Waals surface area contributed by atoms with Gasteiger partial charge in [0, 0.05) is 10.0 Å². The van der Waals surface area contributed by atoms with Crippen LogP contribution in [0, 0.1) is 11.8 Å². The van der Waals surface area contributed by atoms with Gasteiger partial charge in [-0.2, -0.15) is 0 Å². The van der Waals surface area contributed by atoms with Crippen LogP contribution >= 0.6 is 15.9 Å². The van der Waals surface area contributed by atoms with Crippen molar-refractivity contribution >= 4 is 21.6 Å². The van der Waals surface area contributed by atoms with Crippen molar-refractivity contribution in [2.24, 2.45) is 0 Å². The first-order valence-electron chi connectivity index (χ1n) is 7.98. The predicted molar refractivity (Wildman–Crippen MR) is 107 cm³/mol. The van der Waals surface area contributed by atoms with Gasteiger partial charge < -0.3 is 10.1 Å². The molecule has 3 rings (SSSR count). The van der Waals surface area contributed by atoms with E-state index in [1.807, 2.05) is 66.7 Å². The summed E-state index contributed by atoms with van der Waals surface area (Å²) in [4.78, 5) is 0. The van der Waals surface area contributed by atoms with E-state index >= 15 is 0 Å². The number of nitrogens with one attached hydrogen (secondary N) is 1. The summed E-state index contributed by atoms with van der Waals surface area (Å²) in [5.41, 5.74) is 3.01. The molecular weight excluding hydrogens is 374 g/mol. The van der Waals surface area contributed by atoms with Crippen molar-refractivity contribution in [1.29, 1.82) is 0 Å². The van der Waals surface area contributed by atoms with E-state index < -0.39 is 0 Å². The molecule has 3 heteroatoms. The molecule has 0 radical (unpaired) electrons. The molecule has 1 N–H and O–H groups in total. The van der Waals surface area contributed by atoms with Crippen molar-refractivity contribution in [3.8, 4) is 17.6 Å². The third kappa shape index (κ3) is 4.65. The normalized spacial score (nSPS) is 11.1. The van der Waals surface area contributed by atoms with Gasteiger partial charge in [0.1, 0.15) is 11.8 Å². The third-order valence-electron chi connectivity index (χ3n) is 3.74. The summed E-state index contributed by atoms with van der Waals surface area (Å²) in [6.45, 7) is 0. The van der Waals surface area contributed by atoms with Crippen LogP contribution in [-0.2, 0) is 0 Å². The van der Waals surface area contributed by atoms with Crippen LogP contribution in [0.15, 0.2) is 83.3 Å². The molecule has 3 aromatic rings. The van der Waals surface area contributed by atoms with E-state index in [4.69, 9.17) is 4.74 Å². The van der Waals surface area contributed by atoms with Crippen LogP contribution in [0.3, 0.4) is 0 Å². The molecule has 0 saturated heterocycles. The van der Waals surface area contributed by atoms with Gasteiger partial charge in [0.25, 0.3) is 0 Å². The van der Waals surface area contributed by atoms with E-state index in [1.165, 1.54) is 0 Å². The summed E-state index contributed by atoms with van der Waals surface area (Å²) in [6.07, 6.45) is 0. The number of hydrogen-bond donors (Lipinski definition) is 1. The number of hydrogen-bond acceptors (Lipinski definition) is 2. The van der Waals surface area contributed by atoms with E-state index in [2.05, 4.69) is 45.2 Å². The van der Waals surface area contributed by atoms with Crippen molar-refractivity contribution in [3.05, 3.63) is 94.5 Å². The zero-order valence-electron chi connectivity index (χ0n) is 13.9. The van der Waals surface area contributed by atoms with E-state index in [-0.39, 0.29) is 6.04 Å². The highest BCUT2D eigenvalue weighted by molar-refractivity contribution is 9.10. The Morgan fingerprint density at radius 3 is 2.28 bits per heavy atom. The minimum Gasteiger partial charge on any atom is -0.495 e. The average Bonchev–Trinajstić information content (AvgIpc) is 2.67. The lowest BCUT2D eigenvalue weighted by molar-refractivity contribution is 0.416. The zero-order chi connectivity index (χ0) is 17.5. The standard InChI is InChI=1S/C22H18BrNO/c1-25-22-10-6-5-9-21(22)24-20(18-7-3-2-4-8-18)16-13-17-11-14-19(23)15-12-17/h2-12,14-15,20,24H,1H3/t20-/m0/s1. The van der Waals surface area contributed by atoms with Crippen molar-refractivity contribution in [2.45, 2.75) is 6.04 Å². The van der Waals surface area contributed by atoms with Gasteiger partial charge in [0.2, 0.25) is 0 Å². The van der Waals surface area contributed by atoms with Crippen LogP contribution < -0.4 is 10.1 Å². The van der Waals surface area contributed by atoms with Crippen LogP contribution in [0.5, 0.6) is 5.75 Å². The molecule has 3 aromatic carbocycles. The Labute approximate surface area is 157 Å². The van der Waals surface area contributed by atoms with Crippen molar-refractivity contribution < 1.29 is 4.74 Å². The molecule has 0 bridgehead atoms. The Morgan fingerprint density at radius 1 is 0.880 bits per heavy atom. The maximum atomic E-state index is 5.44. The van der Waals surface area contributed by atoms with Crippen molar-refractivity contribution in [3.63, 3.8) is 0 Å². The van der Waals surface area contributed by atoms with Crippen LogP contribution in [0.25, 0.3) is 0 Å². The summed E-state index contributed by atoms with van der Waals surface area (Å²) in [5, 5.41) is 3.49. The van der Waals surface area contributed by atoms with Crippen molar-refractivity contribution in [1.82, 2.24) is 0 Å². The fourth-order valence-electron chi connectivity index (χ4n) is 2.46. The van der Waals surface area contributed by atoms with Gasteiger partial charge >= 0.3 is 0 Å². The third-order valence-corrected chi connectivity index (χ3v) is 4.27. The largest absolute Gasteiger partial charge is 0.495 e. The Kier molecular flexibility index (Phi) is 5.77. The number of methoxy groups -OCH3 is 1.